The average molecular weight is 577 g/mol. The van der Waals surface area contributed by atoms with Crippen LogP contribution in [0.25, 0.3) is 22.2 Å². The summed E-state index contributed by atoms with van der Waals surface area (Å²) in [6.45, 7) is 3.75. The molecule has 0 bridgehead atoms. The van der Waals surface area contributed by atoms with Gasteiger partial charge in [-0.25, -0.2) is 32.8 Å². The first-order chi connectivity index (χ1) is 20.2. The number of benzene rings is 1. The maximum absolute atomic E-state index is 15.0. The molecule has 2 unspecified atom stereocenters. The second-order valence-electron chi connectivity index (χ2n) is 10.8. The number of ether oxygens (including phenoxy) is 1. The van der Waals surface area contributed by atoms with Crippen molar-refractivity contribution in [1.29, 1.82) is 5.26 Å². The van der Waals surface area contributed by atoms with Gasteiger partial charge in [0.05, 0.1) is 42.1 Å². The Balaban J connectivity index is 1.48. The van der Waals surface area contributed by atoms with Crippen LogP contribution in [0.5, 0.6) is 5.75 Å². The molecule has 1 saturated heterocycles. The minimum Gasteiger partial charge on any atom is -0.482 e. The molecule has 4 aromatic rings. The Kier molecular flexibility index (Phi) is 7.24. The summed E-state index contributed by atoms with van der Waals surface area (Å²) in [4.78, 5) is 26.9. The van der Waals surface area contributed by atoms with Crippen LogP contribution < -0.4 is 15.0 Å². The zero-order chi connectivity index (χ0) is 29.5. The summed E-state index contributed by atoms with van der Waals surface area (Å²) >= 11 is 0. The van der Waals surface area contributed by atoms with Crippen LogP contribution in [0.1, 0.15) is 37.0 Å². The highest BCUT2D eigenvalue weighted by atomic mass is 19.1. The van der Waals surface area contributed by atoms with Crippen molar-refractivity contribution < 1.29 is 22.7 Å². The standard InChI is InChI=1S/C29H27F3N8O2/c1-15(2)5-22-18(7-33)27(19-10-37-40(29(19)38-22)28-20(31)11-34-12-21(28)32)16-3-4-23-24(6-16)42-14-26(41)39(23)13-25-35-8-17(30)9-36-25/h3-4,6,8-10,15,20-21,28,34H,5,11-14H2,1-2H3. The van der Waals surface area contributed by atoms with E-state index < -0.39 is 24.2 Å². The Morgan fingerprint density at radius 2 is 1.90 bits per heavy atom. The summed E-state index contributed by atoms with van der Waals surface area (Å²) in [5.74, 6) is -0.125. The van der Waals surface area contributed by atoms with Crippen LogP contribution >= 0.6 is 0 Å². The van der Waals surface area contributed by atoms with Gasteiger partial charge in [0.25, 0.3) is 5.91 Å². The van der Waals surface area contributed by atoms with Crippen molar-refractivity contribution in [1.82, 2.24) is 30.0 Å². The lowest BCUT2D eigenvalue weighted by molar-refractivity contribution is -0.121. The number of anilines is 1. The monoisotopic (exact) mass is 576 g/mol. The van der Waals surface area contributed by atoms with E-state index in [2.05, 4.69) is 26.5 Å². The van der Waals surface area contributed by atoms with E-state index in [1.807, 2.05) is 13.8 Å². The molecule has 0 saturated carbocycles. The Morgan fingerprint density at radius 3 is 2.60 bits per heavy atom. The minimum absolute atomic E-state index is 0.00519. The molecule has 1 aromatic carbocycles. The largest absolute Gasteiger partial charge is 0.482 e. The molecule has 2 atom stereocenters. The predicted octanol–water partition coefficient (Wildman–Crippen LogP) is 3.84. The maximum atomic E-state index is 15.0. The number of piperidine rings is 1. The normalized spacial score (nSPS) is 20.5. The maximum Gasteiger partial charge on any atom is 0.265 e. The fraction of sp³-hybridized carbons (Fsp3) is 0.379. The van der Waals surface area contributed by atoms with Crippen molar-refractivity contribution in [2.45, 2.75) is 45.2 Å². The highest BCUT2D eigenvalue weighted by Crippen LogP contribution is 2.41. The lowest BCUT2D eigenvalue weighted by Gasteiger charge is -2.30. The van der Waals surface area contributed by atoms with E-state index in [4.69, 9.17) is 9.72 Å². The first kappa shape index (κ1) is 27.6. The third-order valence-electron chi connectivity index (χ3n) is 7.40. The third kappa shape index (κ3) is 4.92. The van der Waals surface area contributed by atoms with E-state index in [-0.39, 0.29) is 43.9 Å². The number of aromatic nitrogens is 5. The van der Waals surface area contributed by atoms with Gasteiger partial charge in [-0.2, -0.15) is 10.4 Å². The van der Waals surface area contributed by atoms with Gasteiger partial charge < -0.3 is 10.1 Å². The molecule has 1 amide bonds. The second-order valence-corrected chi connectivity index (χ2v) is 10.8. The van der Waals surface area contributed by atoms with Crippen LogP contribution in [0.2, 0.25) is 0 Å². The number of carbonyl (C=O) groups excluding carboxylic acids is 1. The van der Waals surface area contributed by atoms with Gasteiger partial charge in [-0.3, -0.25) is 9.69 Å². The summed E-state index contributed by atoms with van der Waals surface area (Å²) < 4.78 is 50.3. The number of alkyl halides is 2. The Labute approximate surface area is 239 Å². The summed E-state index contributed by atoms with van der Waals surface area (Å²) in [5, 5.41) is 17.9. The fourth-order valence-electron chi connectivity index (χ4n) is 5.51. The number of halogens is 3. The van der Waals surface area contributed by atoms with Crippen molar-refractivity contribution in [3.63, 3.8) is 0 Å². The number of hydrogen-bond donors (Lipinski definition) is 1. The molecular weight excluding hydrogens is 549 g/mol. The van der Waals surface area contributed by atoms with E-state index in [1.54, 1.807) is 18.2 Å². The number of fused-ring (bicyclic) bond motifs is 2. The Morgan fingerprint density at radius 1 is 1.17 bits per heavy atom. The van der Waals surface area contributed by atoms with Crippen LogP contribution in [0.4, 0.5) is 18.9 Å². The lowest BCUT2D eigenvalue weighted by atomic mass is 9.93. The average Bonchev–Trinajstić information content (AvgIpc) is 3.37. The summed E-state index contributed by atoms with van der Waals surface area (Å²) in [5.41, 5.74) is 2.69. The van der Waals surface area contributed by atoms with Crippen molar-refractivity contribution in [2.24, 2.45) is 5.92 Å². The molecule has 2 aliphatic rings. The molecule has 10 nitrogen and oxygen atoms in total. The zero-order valence-electron chi connectivity index (χ0n) is 22.9. The van der Waals surface area contributed by atoms with Crippen molar-refractivity contribution in [3.05, 3.63) is 59.7 Å². The number of rotatable bonds is 6. The van der Waals surface area contributed by atoms with Crippen LogP contribution in [-0.2, 0) is 17.8 Å². The van der Waals surface area contributed by atoms with Crippen LogP contribution in [0.3, 0.4) is 0 Å². The molecule has 0 spiro atoms. The number of nitrogens with one attached hydrogen (secondary N) is 1. The molecule has 3 aromatic heterocycles. The molecule has 0 radical (unpaired) electrons. The zero-order valence-corrected chi connectivity index (χ0v) is 22.9. The highest BCUT2D eigenvalue weighted by Gasteiger charge is 2.37. The van der Waals surface area contributed by atoms with Gasteiger partial charge in [-0.15, -0.1) is 0 Å². The molecular formula is C29H27F3N8O2. The third-order valence-corrected chi connectivity index (χ3v) is 7.40. The molecule has 2 aliphatic heterocycles. The summed E-state index contributed by atoms with van der Waals surface area (Å²) in [6, 6.07) is 6.27. The molecule has 42 heavy (non-hydrogen) atoms. The predicted molar refractivity (Wildman–Crippen MR) is 147 cm³/mol. The Hall–Kier alpha value is -4.57. The van der Waals surface area contributed by atoms with Crippen LogP contribution in [0, 0.1) is 23.1 Å². The molecule has 0 aliphatic carbocycles. The molecule has 5 heterocycles. The van der Waals surface area contributed by atoms with Crippen LogP contribution in [-0.4, -0.2) is 62.7 Å². The summed E-state index contributed by atoms with van der Waals surface area (Å²) in [7, 11) is 0. The number of nitriles is 1. The van der Waals surface area contributed by atoms with E-state index in [1.165, 1.54) is 15.8 Å². The second kappa shape index (κ2) is 11.0. The van der Waals surface area contributed by atoms with Gasteiger partial charge >= 0.3 is 0 Å². The van der Waals surface area contributed by atoms with Crippen LogP contribution in [0.15, 0.2) is 36.8 Å². The van der Waals surface area contributed by atoms with Gasteiger partial charge in [-0.05, 0) is 30.0 Å². The number of carbonyl (C=O) groups is 1. The number of hydrogen-bond acceptors (Lipinski definition) is 8. The Bertz CT molecular complexity index is 1690. The quantitative estimate of drug-likeness (QED) is 0.368. The van der Waals surface area contributed by atoms with Gasteiger partial charge in [0.2, 0.25) is 0 Å². The number of nitrogens with zero attached hydrogens (tertiary/aromatic N) is 7. The van der Waals surface area contributed by atoms with E-state index in [0.29, 0.717) is 51.3 Å². The van der Waals surface area contributed by atoms with Crippen molar-refractivity contribution in [2.75, 3.05) is 24.6 Å². The van der Waals surface area contributed by atoms with Gasteiger partial charge in [0.15, 0.2) is 18.1 Å². The molecule has 1 fully saturated rings. The van der Waals surface area contributed by atoms with E-state index in [0.717, 1.165) is 12.4 Å². The first-order valence-corrected chi connectivity index (χ1v) is 13.6. The minimum atomic E-state index is -1.52. The highest BCUT2D eigenvalue weighted by molar-refractivity contribution is 6.00. The number of amides is 1. The lowest BCUT2D eigenvalue weighted by Crippen LogP contribution is -2.47. The van der Waals surface area contributed by atoms with Gasteiger partial charge in [-0.1, -0.05) is 19.9 Å². The first-order valence-electron chi connectivity index (χ1n) is 13.6. The topological polar surface area (TPSA) is 122 Å². The molecule has 216 valence electrons. The fourth-order valence-corrected chi connectivity index (χ4v) is 5.51. The van der Waals surface area contributed by atoms with E-state index >= 15 is 0 Å². The van der Waals surface area contributed by atoms with Crippen molar-refractivity contribution >= 4 is 22.6 Å². The van der Waals surface area contributed by atoms with Gasteiger partial charge in [0.1, 0.15) is 36.0 Å². The molecule has 13 heteroatoms. The molecule has 1 N–H and O–H groups in total. The SMILES string of the molecule is CC(C)Cc1nc2c(cnn2C2C(F)CNCC2F)c(-c2ccc3c(c2)OCC(=O)N3Cc2ncc(F)cn2)c1C#N. The molecule has 6 rings (SSSR count). The smallest absolute Gasteiger partial charge is 0.265 e. The van der Waals surface area contributed by atoms with E-state index in [9.17, 15) is 23.2 Å². The summed E-state index contributed by atoms with van der Waals surface area (Å²) in [6.07, 6.45) is 0.979. The number of pyridine rings is 1. The van der Waals surface area contributed by atoms with Gasteiger partial charge in [0, 0.05) is 24.0 Å². The van der Waals surface area contributed by atoms with Crippen molar-refractivity contribution in [3.8, 4) is 22.9 Å².